The third-order valence-corrected chi connectivity index (χ3v) is 9.37. The number of carboxylic acid groups (broad SMARTS) is 3. The van der Waals surface area contributed by atoms with Crippen LogP contribution in [0.4, 0.5) is 0 Å². The maximum atomic E-state index is 13.8. The zero-order valence-electron chi connectivity index (χ0n) is 35.1. The molecule has 0 saturated carbocycles. The van der Waals surface area contributed by atoms with E-state index in [0.717, 1.165) is 6.92 Å². The minimum atomic E-state index is -1.69. The summed E-state index contributed by atoms with van der Waals surface area (Å²) in [6.45, 7) is 1.35. The molecular weight excluding hydrogens is 857 g/mol. The summed E-state index contributed by atoms with van der Waals surface area (Å²) in [5.74, 6) is -11.1. The zero-order valence-corrected chi connectivity index (χ0v) is 35.9. The second-order valence-electron chi connectivity index (χ2n) is 14.0. The highest BCUT2D eigenvalue weighted by Crippen LogP contribution is 2.09. The maximum Gasteiger partial charge on any atom is 0.325 e. The molecule has 0 saturated heterocycles. The van der Waals surface area contributed by atoms with Gasteiger partial charge >= 0.3 is 17.9 Å². The lowest BCUT2D eigenvalue weighted by Gasteiger charge is -2.27. The molecule has 0 spiro atoms. The molecule has 0 unspecified atom stereocenters. The van der Waals surface area contributed by atoms with E-state index in [4.69, 9.17) is 34.4 Å². The second-order valence-corrected chi connectivity index (χ2v) is 15.0. The van der Waals surface area contributed by atoms with Crippen molar-refractivity contribution in [1.82, 2.24) is 31.9 Å². The molecule has 0 aromatic carbocycles. The molecule has 0 fully saturated rings. The highest BCUT2D eigenvalue weighted by Gasteiger charge is 2.34. The number of rotatable bonds is 33. The normalized spacial score (nSPS) is 14.0. The van der Waals surface area contributed by atoms with E-state index in [9.17, 15) is 63.3 Å². The van der Waals surface area contributed by atoms with E-state index >= 15 is 0 Å². The van der Waals surface area contributed by atoms with Gasteiger partial charge in [-0.1, -0.05) is 0 Å². The zero-order chi connectivity index (χ0) is 48.2. The van der Waals surface area contributed by atoms with Crippen LogP contribution in [0.3, 0.4) is 0 Å². The Labute approximate surface area is 366 Å². The Morgan fingerprint density at radius 1 is 0.508 bits per heavy atom. The molecule has 0 aliphatic heterocycles. The smallest absolute Gasteiger partial charge is 0.325 e. The van der Waals surface area contributed by atoms with Gasteiger partial charge < -0.3 is 81.6 Å². The lowest BCUT2D eigenvalue weighted by atomic mass is 10.0. The first-order valence-electron chi connectivity index (χ1n) is 19.6. The van der Waals surface area contributed by atoms with Gasteiger partial charge in [0, 0.05) is 32.4 Å². The van der Waals surface area contributed by atoms with E-state index in [1.165, 1.54) is 11.8 Å². The Hall–Kier alpha value is -6.45. The molecule has 0 radical (unpaired) electrons. The molecule has 27 nitrogen and oxygen atoms in total. The van der Waals surface area contributed by atoms with Crippen LogP contribution in [0.15, 0.2) is 9.98 Å². The number of guanidine groups is 2. The van der Waals surface area contributed by atoms with Crippen molar-refractivity contribution in [1.29, 1.82) is 0 Å². The van der Waals surface area contributed by atoms with E-state index in [-0.39, 0.29) is 62.9 Å². The Bertz CT molecular complexity index is 1660. The van der Waals surface area contributed by atoms with Crippen molar-refractivity contribution < 1.29 is 63.3 Å². The average molecular weight is 919 g/mol. The van der Waals surface area contributed by atoms with Gasteiger partial charge in [-0.2, -0.15) is 11.8 Å². The first kappa shape index (κ1) is 56.5. The fraction of sp³-hybridized carbons (Fsp3) is 0.657. The number of hydrogen-bond acceptors (Lipinski definition) is 14. The van der Waals surface area contributed by atoms with E-state index < -0.39 is 134 Å². The fourth-order valence-electron chi connectivity index (χ4n) is 5.30. The molecule has 0 aliphatic carbocycles. The summed E-state index contributed by atoms with van der Waals surface area (Å²) in [4.78, 5) is 134. The standard InChI is InChI=1S/C35H62N14O13S/c1-17(33(61)62)44-28(56)21(8-11-25(51)52)47-31(59)22(9-12-26(53)54)48-32(60)23(13-16-63-2)49-30(58)20(7-10-24(37)50)46-29(57)19(6-4-15-43-35(40)41)45-27(55)18(36)5-3-14-42-34(38)39/h17-23H,3-16,36H2,1-2H3,(H2,37,50)(H,44,56)(H,45,55)(H,46,57)(H,47,59)(H,48,60)(H,49,58)(H,51,52)(H,53,54)(H,61,62)(H4,38,39,42)(H4,40,41,43)/t17-,18-,19-,20-,21-,22-,23+/m0/s1. The summed E-state index contributed by atoms with van der Waals surface area (Å²) in [5, 5.41) is 41.9. The van der Waals surface area contributed by atoms with Gasteiger partial charge in [-0.15, -0.1) is 0 Å². The molecule has 0 aromatic heterocycles. The van der Waals surface area contributed by atoms with Gasteiger partial charge in [0.15, 0.2) is 11.9 Å². The maximum absolute atomic E-state index is 13.8. The number of aliphatic imine (C=N–C) groups is 2. The van der Waals surface area contributed by atoms with Gasteiger partial charge in [0.05, 0.1) is 6.04 Å². The molecule has 356 valence electrons. The number of amides is 7. The summed E-state index contributed by atoms with van der Waals surface area (Å²) in [6.07, 6.45) is -1.08. The molecule has 0 heterocycles. The van der Waals surface area contributed by atoms with Gasteiger partial charge in [-0.05, 0) is 70.3 Å². The molecule has 0 bridgehead atoms. The van der Waals surface area contributed by atoms with Gasteiger partial charge in [-0.3, -0.25) is 57.9 Å². The summed E-state index contributed by atoms with van der Waals surface area (Å²) in [5.41, 5.74) is 32.8. The van der Waals surface area contributed by atoms with E-state index in [2.05, 4.69) is 41.9 Å². The monoisotopic (exact) mass is 918 g/mol. The Morgan fingerprint density at radius 2 is 0.857 bits per heavy atom. The predicted molar refractivity (Wildman–Crippen MR) is 228 cm³/mol. The van der Waals surface area contributed by atoms with Crippen LogP contribution in [-0.2, 0) is 47.9 Å². The fourth-order valence-corrected chi connectivity index (χ4v) is 5.77. The number of carbonyl (C=O) groups is 10. The third-order valence-electron chi connectivity index (χ3n) is 8.73. The van der Waals surface area contributed by atoms with Crippen molar-refractivity contribution in [3.63, 3.8) is 0 Å². The quantitative estimate of drug-likeness (QED) is 0.0166. The third kappa shape index (κ3) is 25.8. The Kier molecular flexibility index (Phi) is 27.4. The number of carboxylic acids is 3. The van der Waals surface area contributed by atoms with Gasteiger partial charge in [-0.25, -0.2) is 0 Å². The van der Waals surface area contributed by atoms with Crippen LogP contribution in [0.25, 0.3) is 0 Å². The van der Waals surface area contributed by atoms with E-state index in [1.807, 2.05) is 0 Å². The molecule has 63 heavy (non-hydrogen) atoms. The summed E-state index contributed by atoms with van der Waals surface area (Å²) in [6, 6.07) is -10.2. The van der Waals surface area contributed by atoms with Crippen LogP contribution < -0.4 is 66.3 Å². The minimum absolute atomic E-state index is 0.0516. The molecule has 0 aromatic rings. The first-order chi connectivity index (χ1) is 29.5. The molecule has 28 heteroatoms. The largest absolute Gasteiger partial charge is 0.481 e. The molecule has 21 N–H and O–H groups in total. The highest BCUT2D eigenvalue weighted by molar-refractivity contribution is 7.98. The average Bonchev–Trinajstić information content (AvgIpc) is 3.19. The number of nitrogens with zero attached hydrogens (tertiary/aromatic N) is 2. The van der Waals surface area contributed by atoms with Crippen molar-refractivity contribution in [2.24, 2.45) is 44.4 Å². The molecular formula is C35H62N14O13S. The highest BCUT2D eigenvalue weighted by atomic mass is 32.2. The molecule has 7 atom stereocenters. The Balaban J connectivity index is 6.52. The number of aliphatic carboxylic acids is 3. The lowest BCUT2D eigenvalue weighted by Crippen LogP contribution is -2.60. The van der Waals surface area contributed by atoms with Crippen LogP contribution in [0.5, 0.6) is 0 Å². The van der Waals surface area contributed by atoms with Crippen molar-refractivity contribution >= 4 is 82.9 Å². The van der Waals surface area contributed by atoms with Gasteiger partial charge in [0.25, 0.3) is 0 Å². The number of nitrogens with one attached hydrogen (secondary N) is 6. The van der Waals surface area contributed by atoms with E-state index in [0.29, 0.717) is 6.42 Å². The summed E-state index contributed by atoms with van der Waals surface area (Å²) >= 11 is 1.26. The van der Waals surface area contributed by atoms with Crippen LogP contribution in [-0.4, -0.2) is 154 Å². The Morgan fingerprint density at radius 3 is 1.22 bits per heavy atom. The van der Waals surface area contributed by atoms with Crippen LogP contribution in [0.2, 0.25) is 0 Å². The predicted octanol–water partition coefficient (Wildman–Crippen LogP) is -5.82. The number of primary amides is 1. The van der Waals surface area contributed by atoms with Crippen LogP contribution in [0, 0.1) is 0 Å². The number of carbonyl (C=O) groups excluding carboxylic acids is 7. The number of hydrogen-bond donors (Lipinski definition) is 15. The molecule has 0 rings (SSSR count). The topological polar surface area (TPSA) is 484 Å². The van der Waals surface area contributed by atoms with Gasteiger partial charge in [0.1, 0.15) is 36.3 Å². The lowest BCUT2D eigenvalue weighted by molar-refractivity contribution is -0.142. The van der Waals surface area contributed by atoms with Gasteiger partial charge in [0.2, 0.25) is 41.4 Å². The summed E-state index contributed by atoms with van der Waals surface area (Å²) in [7, 11) is 0. The van der Waals surface area contributed by atoms with Crippen molar-refractivity contribution in [2.45, 2.75) is 120 Å². The van der Waals surface area contributed by atoms with Crippen LogP contribution >= 0.6 is 11.8 Å². The van der Waals surface area contributed by atoms with E-state index in [1.54, 1.807) is 6.26 Å². The van der Waals surface area contributed by atoms with Crippen molar-refractivity contribution in [3.05, 3.63) is 0 Å². The number of nitrogens with two attached hydrogens (primary N) is 6. The van der Waals surface area contributed by atoms with Crippen LogP contribution in [0.1, 0.15) is 77.6 Å². The molecule has 7 amide bonds. The van der Waals surface area contributed by atoms with Crippen molar-refractivity contribution in [3.8, 4) is 0 Å². The molecule has 0 aliphatic rings. The summed E-state index contributed by atoms with van der Waals surface area (Å²) < 4.78 is 0. The van der Waals surface area contributed by atoms with Crippen molar-refractivity contribution in [2.75, 3.05) is 25.1 Å². The minimum Gasteiger partial charge on any atom is -0.481 e. The SMILES string of the molecule is CSCC[C@@H](NC(=O)[C@H](CCC(N)=O)NC(=O)[C@H](CCCN=C(N)N)NC(=O)[C@@H](N)CCCN=C(N)N)C(=O)N[C@@H](CCC(=O)O)C(=O)N[C@@H](CCC(=O)O)C(=O)N[C@@H](C)C(=O)O. The number of thioether (sulfide) groups is 1. The first-order valence-corrected chi connectivity index (χ1v) is 21.0. The second kappa shape index (κ2) is 30.6.